The first-order chi connectivity index (χ1) is 13.1. The Balaban J connectivity index is 1.69. The molecule has 1 aromatic carbocycles. The molecule has 3 rings (SSSR count). The maximum Gasteiger partial charge on any atom is 0.337 e. The van der Waals surface area contributed by atoms with Gasteiger partial charge in [0.1, 0.15) is 11.4 Å². The number of rotatable bonds is 4. The molecule has 1 fully saturated rings. The van der Waals surface area contributed by atoms with Gasteiger partial charge in [-0.15, -0.1) is 0 Å². The SMILES string of the molecule is COC(=O)c1ccc(NC(=O)c2cccc(C(=O)N3CCCCC3)n2)cc1. The number of pyridine rings is 1. The highest BCUT2D eigenvalue weighted by atomic mass is 16.5. The molecule has 1 saturated heterocycles. The molecule has 0 radical (unpaired) electrons. The molecule has 1 N–H and O–H groups in total. The number of ether oxygens (including phenoxy) is 1. The van der Waals surface area contributed by atoms with E-state index in [4.69, 9.17) is 0 Å². The topological polar surface area (TPSA) is 88.6 Å². The van der Waals surface area contributed by atoms with Crippen LogP contribution in [-0.4, -0.2) is 47.9 Å². The van der Waals surface area contributed by atoms with Gasteiger partial charge in [-0.3, -0.25) is 9.59 Å². The number of nitrogens with one attached hydrogen (secondary N) is 1. The molecule has 1 aliphatic rings. The summed E-state index contributed by atoms with van der Waals surface area (Å²) in [6, 6.07) is 11.2. The molecule has 0 saturated carbocycles. The van der Waals surface area contributed by atoms with Crippen LogP contribution in [0.2, 0.25) is 0 Å². The Morgan fingerprint density at radius 3 is 2.30 bits per heavy atom. The van der Waals surface area contributed by atoms with Gasteiger partial charge in [0, 0.05) is 18.8 Å². The molecule has 1 aromatic heterocycles. The first kappa shape index (κ1) is 18.6. The van der Waals surface area contributed by atoms with Gasteiger partial charge in [0.2, 0.25) is 0 Å². The normalized spacial score (nSPS) is 13.7. The van der Waals surface area contributed by atoms with E-state index in [2.05, 4.69) is 15.0 Å². The minimum Gasteiger partial charge on any atom is -0.465 e. The molecule has 0 atom stereocenters. The maximum atomic E-state index is 12.6. The van der Waals surface area contributed by atoms with Crippen molar-refractivity contribution in [1.29, 1.82) is 0 Å². The molecule has 0 aliphatic carbocycles. The quantitative estimate of drug-likeness (QED) is 0.840. The van der Waals surface area contributed by atoms with E-state index in [1.54, 1.807) is 47.4 Å². The second-order valence-corrected chi connectivity index (χ2v) is 6.28. The van der Waals surface area contributed by atoms with Gasteiger partial charge in [-0.05, 0) is 55.7 Å². The zero-order valence-corrected chi connectivity index (χ0v) is 15.1. The molecule has 7 heteroatoms. The van der Waals surface area contributed by atoms with Crippen LogP contribution >= 0.6 is 0 Å². The largest absolute Gasteiger partial charge is 0.465 e. The van der Waals surface area contributed by atoms with Gasteiger partial charge in [0.25, 0.3) is 11.8 Å². The molecule has 2 heterocycles. The average Bonchev–Trinajstić information content (AvgIpc) is 2.74. The lowest BCUT2D eigenvalue weighted by Gasteiger charge is -2.26. The van der Waals surface area contributed by atoms with Gasteiger partial charge in [0.05, 0.1) is 12.7 Å². The van der Waals surface area contributed by atoms with E-state index in [9.17, 15) is 14.4 Å². The van der Waals surface area contributed by atoms with Crippen molar-refractivity contribution < 1.29 is 19.1 Å². The summed E-state index contributed by atoms with van der Waals surface area (Å²) in [5.74, 6) is -1.01. The maximum absolute atomic E-state index is 12.6. The summed E-state index contributed by atoms with van der Waals surface area (Å²) in [6.07, 6.45) is 3.12. The summed E-state index contributed by atoms with van der Waals surface area (Å²) in [6.45, 7) is 1.45. The second-order valence-electron chi connectivity index (χ2n) is 6.28. The smallest absolute Gasteiger partial charge is 0.337 e. The van der Waals surface area contributed by atoms with Gasteiger partial charge in [-0.25, -0.2) is 9.78 Å². The van der Waals surface area contributed by atoms with Crippen molar-refractivity contribution in [2.45, 2.75) is 19.3 Å². The zero-order valence-electron chi connectivity index (χ0n) is 15.1. The average molecular weight is 367 g/mol. The van der Waals surface area contributed by atoms with Crippen LogP contribution in [0.4, 0.5) is 5.69 Å². The van der Waals surface area contributed by atoms with Crippen molar-refractivity contribution in [3.05, 3.63) is 59.4 Å². The molecular formula is C20H21N3O4. The van der Waals surface area contributed by atoms with Gasteiger partial charge in [-0.1, -0.05) is 6.07 Å². The van der Waals surface area contributed by atoms with Crippen LogP contribution in [-0.2, 0) is 4.74 Å². The van der Waals surface area contributed by atoms with Crippen molar-refractivity contribution in [2.24, 2.45) is 0 Å². The number of amides is 2. The van der Waals surface area contributed by atoms with Gasteiger partial charge in [-0.2, -0.15) is 0 Å². The van der Waals surface area contributed by atoms with Crippen molar-refractivity contribution in [3.63, 3.8) is 0 Å². The van der Waals surface area contributed by atoms with Crippen LogP contribution in [0.1, 0.15) is 50.6 Å². The van der Waals surface area contributed by atoms with Gasteiger partial charge in [0.15, 0.2) is 0 Å². The number of methoxy groups -OCH3 is 1. The lowest BCUT2D eigenvalue weighted by molar-refractivity contribution is 0.0600. The highest BCUT2D eigenvalue weighted by molar-refractivity contribution is 6.04. The van der Waals surface area contributed by atoms with E-state index >= 15 is 0 Å². The molecule has 2 aromatic rings. The standard InChI is InChI=1S/C20H21N3O4/c1-27-20(26)14-8-10-15(11-9-14)21-18(24)16-6-5-7-17(22-16)19(25)23-12-3-2-4-13-23/h5-11H,2-4,12-13H2,1H3,(H,21,24). The molecule has 0 unspecified atom stereocenters. The Morgan fingerprint density at radius 1 is 0.963 bits per heavy atom. The lowest BCUT2D eigenvalue weighted by atomic mass is 10.1. The van der Waals surface area contributed by atoms with Crippen LogP contribution in [0.5, 0.6) is 0 Å². The van der Waals surface area contributed by atoms with Gasteiger partial charge < -0.3 is 15.0 Å². The Hall–Kier alpha value is -3.22. The fourth-order valence-corrected chi connectivity index (χ4v) is 2.94. The molecule has 140 valence electrons. The summed E-state index contributed by atoms with van der Waals surface area (Å²) in [5.41, 5.74) is 1.34. The summed E-state index contributed by atoms with van der Waals surface area (Å²) in [4.78, 5) is 42.4. The second kappa shape index (κ2) is 8.44. The molecule has 27 heavy (non-hydrogen) atoms. The fourth-order valence-electron chi connectivity index (χ4n) is 2.94. The molecule has 0 spiro atoms. The van der Waals surface area contributed by atoms with Crippen LogP contribution < -0.4 is 5.32 Å². The van der Waals surface area contributed by atoms with E-state index in [0.29, 0.717) is 11.3 Å². The molecule has 2 amide bonds. The van der Waals surface area contributed by atoms with E-state index in [-0.39, 0.29) is 17.3 Å². The Morgan fingerprint density at radius 2 is 1.63 bits per heavy atom. The first-order valence-corrected chi connectivity index (χ1v) is 8.84. The van der Waals surface area contributed by atoms with E-state index in [1.165, 1.54) is 7.11 Å². The number of benzene rings is 1. The van der Waals surface area contributed by atoms with Crippen molar-refractivity contribution in [3.8, 4) is 0 Å². The number of carbonyl (C=O) groups is 3. The van der Waals surface area contributed by atoms with E-state index in [1.807, 2.05) is 0 Å². The third-order valence-corrected chi connectivity index (χ3v) is 4.41. The number of anilines is 1. The van der Waals surface area contributed by atoms with Crippen LogP contribution in [0, 0.1) is 0 Å². The number of carbonyl (C=O) groups excluding carboxylic acids is 3. The van der Waals surface area contributed by atoms with Crippen LogP contribution in [0.15, 0.2) is 42.5 Å². The van der Waals surface area contributed by atoms with E-state index in [0.717, 1.165) is 32.4 Å². The number of hydrogen-bond donors (Lipinski definition) is 1. The van der Waals surface area contributed by atoms with Crippen LogP contribution in [0.25, 0.3) is 0 Å². The monoisotopic (exact) mass is 367 g/mol. The molecule has 1 aliphatic heterocycles. The minimum atomic E-state index is -0.446. The first-order valence-electron chi connectivity index (χ1n) is 8.84. The molecule has 0 bridgehead atoms. The lowest BCUT2D eigenvalue weighted by Crippen LogP contribution is -2.36. The van der Waals surface area contributed by atoms with Crippen molar-refractivity contribution in [1.82, 2.24) is 9.88 Å². The predicted molar refractivity (Wildman–Crippen MR) is 99.7 cm³/mol. The fraction of sp³-hybridized carbons (Fsp3) is 0.300. The Bertz CT molecular complexity index is 843. The molecule has 7 nitrogen and oxygen atoms in total. The van der Waals surface area contributed by atoms with Crippen molar-refractivity contribution >= 4 is 23.5 Å². The highest BCUT2D eigenvalue weighted by Gasteiger charge is 2.20. The predicted octanol–water partition coefficient (Wildman–Crippen LogP) is 2.75. The summed E-state index contributed by atoms with van der Waals surface area (Å²) >= 11 is 0. The van der Waals surface area contributed by atoms with E-state index < -0.39 is 11.9 Å². The number of likely N-dealkylation sites (tertiary alicyclic amines) is 1. The molecular weight excluding hydrogens is 346 g/mol. The number of piperidine rings is 1. The number of nitrogens with zero attached hydrogens (tertiary/aromatic N) is 2. The summed E-state index contributed by atoms with van der Waals surface area (Å²) in [7, 11) is 1.31. The summed E-state index contributed by atoms with van der Waals surface area (Å²) in [5, 5.41) is 2.71. The summed E-state index contributed by atoms with van der Waals surface area (Å²) < 4.78 is 4.64. The Kier molecular flexibility index (Phi) is 5.80. The van der Waals surface area contributed by atoms with Crippen molar-refractivity contribution in [2.75, 3.05) is 25.5 Å². The minimum absolute atomic E-state index is 0.146. The third-order valence-electron chi connectivity index (χ3n) is 4.41. The van der Waals surface area contributed by atoms with Gasteiger partial charge >= 0.3 is 5.97 Å². The number of aromatic nitrogens is 1. The number of esters is 1. The third kappa shape index (κ3) is 4.49. The zero-order chi connectivity index (χ0) is 19.2. The number of hydrogen-bond acceptors (Lipinski definition) is 5. The highest BCUT2D eigenvalue weighted by Crippen LogP contribution is 2.14. The Labute approximate surface area is 157 Å². The van der Waals surface area contributed by atoms with Crippen LogP contribution in [0.3, 0.4) is 0 Å².